The summed E-state index contributed by atoms with van der Waals surface area (Å²) in [7, 11) is 1.43. The molecule has 2 aromatic heterocycles. The standard InChI is InChI=1S/C16H12FNO3S2/c1-20-12-2-3-13(14(17)6-12)16(19)21-7-11-9-23-15(18-11)10-4-5-22-8-10/h2-6,8-9H,7H2,1H3. The van der Waals surface area contributed by atoms with Gasteiger partial charge in [0.25, 0.3) is 0 Å². The zero-order valence-corrected chi connectivity index (χ0v) is 13.7. The number of carbonyl (C=O) groups is 1. The maximum Gasteiger partial charge on any atom is 0.341 e. The van der Waals surface area contributed by atoms with Crippen LogP contribution in [0.25, 0.3) is 10.6 Å². The molecule has 0 amide bonds. The zero-order valence-electron chi connectivity index (χ0n) is 12.1. The molecule has 0 aliphatic carbocycles. The van der Waals surface area contributed by atoms with Crippen molar-refractivity contribution in [2.45, 2.75) is 6.61 Å². The van der Waals surface area contributed by atoms with Crippen LogP contribution in [-0.4, -0.2) is 18.1 Å². The number of aromatic nitrogens is 1. The minimum atomic E-state index is -0.727. The molecule has 3 aromatic rings. The zero-order chi connectivity index (χ0) is 16.2. The van der Waals surface area contributed by atoms with E-state index in [9.17, 15) is 9.18 Å². The molecule has 0 N–H and O–H groups in total. The quantitative estimate of drug-likeness (QED) is 0.642. The van der Waals surface area contributed by atoms with E-state index >= 15 is 0 Å². The number of halogens is 1. The Labute approximate surface area is 140 Å². The van der Waals surface area contributed by atoms with Gasteiger partial charge in [0.2, 0.25) is 0 Å². The Kier molecular flexibility index (Phi) is 4.68. The van der Waals surface area contributed by atoms with Crippen molar-refractivity contribution in [3.8, 4) is 16.3 Å². The van der Waals surface area contributed by atoms with Crippen LogP contribution in [0.4, 0.5) is 4.39 Å². The van der Waals surface area contributed by atoms with Crippen molar-refractivity contribution in [3.63, 3.8) is 0 Å². The molecule has 2 heterocycles. The highest BCUT2D eigenvalue weighted by Crippen LogP contribution is 2.26. The van der Waals surface area contributed by atoms with Crippen LogP contribution in [0.15, 0.2) is 40.4 Å². The van der Waals surface area contributed by atoms with E-state index in [1.54, 1.807) is 11.3 Å². The van der Waals surface area contributed by atoms with E-state index in [0.717, 1.165) is 16.6 Å². The monoisotopic (exact) mass is 349 g/mol. The van der Waals surface area contributed by atoms with Gasteiger partial charge in [-0.15, -0.1) is 11.3 Å². The van der Waals surface area contributed by atoms with Gasteiger partial charge in [-0.05, 0) is 23.6 Å². The lowest BCUT2D eigenvalue weighted by Crippen LogP contribution is -2.08. The summed E-state index contributed by atoms with van der Waals surface area (Å²) in [5.41, 5.74) is 1.55. The lowest BCUT2D eigenvalue weighted by Gasteiger charge is -2.05. The molecular formula is C16H12FNO3S2. The topological polar surface area (TPSA) is 48.4 Å². The molecule has 0 aliphatic heterocycles. The first-order chi connectivity index (χ1) is 11.2. The molecule has 0 fully saturated rings. The predicted molar refractivity (Wildman–Crippen MR) is 87.5 cm³/mol. The highest BCUT2D eigenvalue weighted by molar-refractivity contribution is 7.14. The molecule has 1 aromatic carbocycles. The Hall–Kier alpha value is -2.25. The number of esters is 1. The Morgan fingerprint density at radius 2 is 2.17 bits per heavy atom. The Morgan fingerprint density at radius 3 is 2.87 bits per heavy atom. The molecule has 0 bridgehead atoms. The maximum atomic E-state index is 13.8. The van der Waals surface area contributed by atoms with E-state index in [1.807, 2.05) is 22.2 Å². The van der Waals surface area contributed by atoms with E-state index in [-0.39, 0.29) is 12.2 Å². The van der Waals surface area contributed by atoms with E-state index in [0.29, 0.717) is 11.4 Å². The first-order valence-corrected chi connectivity index (χ1v) is 8.47. The summed E-state index contributed by atoms with van der Waals surface area (Å²) >= 11 is 3.07. The van der Waals surface area contributed by atoms with Crippen molar-refractivity contribution < 1.29 is 18.7 Å². The fourth-order valence-corrected chi connectivity index (χ4v) is 3.41. The highest BCUT2D eigenvalue weighted by atomic mass is 32.1. The Morgan fingerprint density at radius 1 is 1.30 bits per heavy atom. The van der Waals surface area contributed by atoms with Gasteiger partial charge in [-0.3, -0.25) is 0 Å². The van der Waals surface area contributed by atoms with Crippen LogP contribution in [0.2, 0.25) is 0 Å². The summed E-state index contributed by atoms with van der Waals surface area (Å²) < 4.78 is 23.8. The summed E-state index contributed by atoms with van der Waals surface area (Å²) in [6.45, 7) is 0.00490. The van der Waals surface area contributed by atoms with Crippen LogP contribution in [0.1, 0.15) is 16.1 Å². The smallest absolute Gasteiger partial charge is 0.341 e. The van der Waals surface area contributed by atoms with Crippen molar-refractivity contribution in [1.82, 2.24) is 4.98 Å². The molecule has 23 heavy (non-hydrogen) atoms. The van der Waals surface area contributed by atoms with Gasteiger partial charge in [0, 0.05) is 22.4 Å². The molecule has 0 atom stereocenters. The molecule has 0 radical (unpaired) electrons. The summed E-state index contributed by atoms with van der Waals surface area (Å²) in [5.74, 6) is -1.05. The lowest BCUT2D eigenvalue weighted by atomic mass is 10.2. The molecule has 4 nitrogen and oxygen atoms in total. The number of hydrogen-bond acceptors (Lipinski definition) is 6. The van der Waals surface area contributed by atoms with Crippen molar-refractivity contribution in [2.75, 3.05) is 7.11 Å². The lowest BCUT2D eigenvalue weighted by molar-refractivity contribution is 0.0463. The molecule has 118 valence electrons. The van der Waals surface area contributed by atoms with Crippen LogP contribution < -0.4 is 4.74 Å². The van der Waals surface area contributed by atoms with Crippen molar-refractivity contribution in [1.29, 1.82) is 0 Å². The maximum absolute atomic E-state index is 13.8. The number of thiophene rings is 1. The van der Waals surface area contributed by atoms with Gasteiger partial charge in [0.1, 0.15) is 23.2 Å². The predicted octanol–water partition coefficient (Wildman–Crippen LogP) is 4.38. The van der Waals surface area contributed by atoms with Gasteiger partial charge in [-0.2, -0.15) is 11.3 Å². The fraction of sp³-hybridized carbons (Fsp3) is 0.125. The van der Waals surface area contributed by atoms with E-state index < -0.39 is 11.8 Å². The van der Waals surface area contributed by atoms with Crippen LogP contribution >= 0.6 is 22.7 Å². The summed E-state index contributed by atoms with van der Waals surface area (Å²) in [6.07, 6.45) is 0. The van der Waals surface area contributed by atoms with Crippen molar-refractivity contribution in [3.05, 3.63) is 57.5 Å². The van der Waals surface area contributed by atoms with Crippen LogP contribution in [0, 0.1) is 5.82 Å². The van der Waals surface area contributed by atoms with Gasteiger partial charge in [-0.25, -0.2) is 14.2 Å². The van der Waals surface area contributed by atoms with Crippen molar-refractivity contribution >= 4 is 28.6 Å². The average Bonchev–Trinajstić information content (AvgIpc) is 3.23. The minimum Gasteiger partial charge on any atom is -0.497 e. The Bertz CT molecular complexity index is 815. The Balaban J connectivity index is 1.65. The second kappa shape index (κ2) is 6.89. The van der Waals surface area contributed by atoms with E-state index in [1.165, 1.54) is 30.6 Å². The third-order valence-electron chi connectivity index (χ3n) is 3.07. The highest BCUT2D eigenvalue weighted by Gasteiger charge is 2.15. The first-order valence-electron chi connectivity index (χ1n) is 6.65. The minimum absolute atomic E-state index is 0.00490. The number of nitrogens with zero attached hydrogens (tertiary/aromatic N) is 1. The van der Waals surface area contributed by atoms with Crippen LogP contribution in [-0.2, 0) is 11.3 Å². The van der Waals surface area contributed by atoms with Crippen molar-refractivity contribution in [2.24, 2.45) is 0 Å². The average molecular weight is 349 g/mol. The second-order valence-electron chi connectivity index (χ2n) is 4.58. The molecular weight excluding hydrogens is 337 g/mol. The number of carbonyl (C=O) groups excluding carboxylic acids is 1. The number of methoxy groups -OCH3 is 1. The molecule has 0 aliphatic rings. The molecule has 0 spiro atoms. The first kappa shape index (κ1) is 15.6. The fourth-order valence-electron chi connectivity index (χ4n) is 1.90. The van der Waals surface area contributed by atoms with Crippen LogP contribution in [0.5, 0.6) is 5.75 Å². The van der Waals surface area contributed by atoms with Crippen LogP contribution in [0.3, 0.4) is 0 Å². The number of ether oxygens (including phenoxy) is 2. The molecule has 0 saturated heterocycles. The van der Waals surface area contributed by atoms with E-state index in [4.69, 9.17) is 9.47 Å². The molecule has 0 unspecified atom stereocenters. The summed E-state index contributed by atoms with van der Waals surface area (Å²) in [4.78, 5) is 16.4. The van der Waals surface area contributed by atoms with Gasteiger partial charge >= 0.3 is 5.97 Å². The summed E-state index contributed by atoms with van der Waals surface area (Å²) in [5, 5.41) is 6.67. The number of rotatable bonds is 5. The van der Waals surface area contributed by atoms with Gasteiger partial charge in [0.05, 0.1) is 18.4 Å². The van der Waals surface area contributed by atoms with Gasteiger partial charge < -0.3 is 9.47 Å². The normalized spacial score (nSPS) is 10.5. The number of hydrogen-bond donors (Lipinski definition) is 0. The largest absolute Gasteiger partial charge is 0.497 e. The molecule has 7 heteroatoms. The van der Waals surface area contributed by atoms with Gasteiger partial charge in [0.15, 0.2) is 0 Å². The third kappa shape index (κ3) is 3.57. The molecule has 0 saturated carbocycles. The molecule has 3 rings (SSSR count). The van der Waals surface area contributed by atoms with Gasteiger partial charge in [-0.1, -0.05) is 0 Å². The SMILES string of the molecule is COc1ccc(C(=O)OCc2csc(-c3ccsc3)n2)c(F)c1. The number of benzene rings is 1. The summed E-state index contributed by atoms with van der Waals surface area (Å²) in [6, 6.07) is 5.98. The third-order valence-corrected chi connectivity index (χ3v) is 4.69. The van der Waals surface area contributed by atoms with E-state index in [2.05, 4.69) is 4.98 Å². The number of thiazole rings is 1. The second-order valence-corrected chi connectivity index (χ2v) is 6.22.